The highest BCUT2D eigenvalue weighted by Crippen LogP contribution is 2.42. The second-order valence-corrected chi connectivity index (χ2v) is 7.51. The van der Waals surface area contributed by atoms with Gasteiger partial charge in [0.1, 0.15) is 11.5 Å². The summed E-state index contributed by atoms with van der Waals surface area (Å²) in [6, 6.07) is 8.04. The minimum atomic E-state index is -4.56. The molecule has 3 aromatic rings. The lowest BCUT2D eigenvalue weighted by Crippen LogP contribution is -2.16. The van der Waals surface area contributed by atoms with Crippen LogP contribution in [0.4, 0.5) is 24.5 Å². The molecule has 0 aliphatic heterocycles. The van der Waals surface area contributed by atoms with Crippen molar-refractivity contribution in [1.29, 1.82) is 0 Å². The Labute approximate surface area is 185 Å². The SMILES string of the molecule is O=C(CCn1nc(C(F)(F)F)cc1C1CC1)Nc1cc(Oc2cccnc2)cc([N+](=O)[O-])c1. The molecule has 2 aromatic heterocycles. The van der Waals surface area contributed by atoms with E-state index in [9.17, 15) is 28.1 Å². The van der Waals surface area contributed by atoms with Crippen LogP contribution in [0.25, 0.3) is 0 Å². The molecule has 0 spiro atoms. The number of halogens is 3. The molecule has 0 saturated heterocycles. The molecular formula is C21H18F3N5O4. The fraction of sp³-hybridized carbons (Fsp3) is 0.286. The maximum absolute atomic E-state index is 13.0. The molecule has 1 saturated carbocycles. The molecule has 172 valence electrons. The molecule has 2 heterocycles. The van der Waals surface area contributed by atoms with Crippen LogP contribution in [0, 0.1) is 10.1 Å². The summed E-state index contributed by atoms with van der Waals surface area (Å²) in [4.78, 5) is 27.0. The Bertz CT molecular complexity index is 1180. The average molecular weight is 461 g/mol. The van der Waals surface area contributed by atoms with Gasteiger partial charge in [-0.25, -0.2) is 0 Å². The summed E-state index contributed by atoms with van der Waals surface area (Å²) in [7, 11) is 0. The molecular weight excluding hydrogens is 443 g/mol. The number of nitro benzene ring substituents is 1. The zero-order chi connectivity index (χ0) is 23.6. The number of nitrogens with zero attached hydrogens (tertiary/aromatic N) is 4. The fourth-order valence-electron chi connectivity index (χ4n) is 3.25. The fourth-order valence-corrected chi connectivity index (χ4v) is 3.25. The zero-order valence-electron chi connectivity index (χ0n) is 17.1. The van der Waals surface area contributed by atoms with Crippen molar-refractivity contribution in [2.75, 3.05) is 5.32 Å². The van der Waals surface area contributed by atoms with Gasteiger partial charge in [0.15, 0.2) is 5.69 Å². The van der Waals surface area contributed by atoms with Crippen LogP contribution in [0.2, 0.25) is 0 Å². The normalized spacial score (nSPS) is 13.5. The van der Waals surface area contributed by atoms with Gasteiger partial charge in [0.25, 0.3) is 5.69 Å². The Morgan fingerprint density at radius 1 is 1.24 bits per heavy atom. The van der Waals surface area contributed by atoms with E-state index >= 15 is 0 Å². The van der Waals surface area contributed by atoms with Crippen molar-refractivity contribution < 1.29 is 27.6 Å². The lowest BCUT2D eigenvalue weighted by Gasteiger charge is -2.10. The maximum Gasteiger partial charge on any atom is 0.435 e. The second kappa shape index (κ2) is 8.88. The molecule has 4 rings (SSSR count). The minimum absolute atomic E-state index is 0.0145. The van der Waals surface area contributed by atoms with E-state index in [1.165, 1.54) is 35.3 Å². The average Bonchev–Trinajstić information content (AvgIpc) is 3.50. The highest BCUT2D eigenvalue weighted by molar-refractivity contribution is 5.91. The van der Waals surface area contributed by atoms with Crippen molar-refractivity contribution in [3.8, 4) is 11.5 Å². The highest BCUT2D eigenvalue weighted by Gasteiger charge is 2.37. The van der Waals surface area contributed by atoms with Crippen molar-refractivity contribution in [3.63, 3.8) is 0 Å². The van der Waals surface area contributed by atoms with Crippen LogP contribution in [0.1, 0.15) is 36.6 Å². The summed E-state index contributed by atoms with van der Waals surface area (Å²) in [5.74, 6) is -0.0540. The number of non-ortho nitro benzene ring substituents is 1. The van der Waals surface area contributed by atoms with Gasteiger partial charge in [-0.3, -0.25) is 24.6 Å². The predicted molar refractivity (Wildman–Crippen MR) is 110 cm³/mol. The number of hydrogen-bond donors (Lipinski definition) is 1. The van der Waals surface area contributed by atoms with E-state index in [1.807, 2.05) is 0 Å². The summed E-state index contributed by atoms with van der Waals surface area (Å²) in [6.45, 7) is -0.0539. The van der Waals surface area contributed by atoms with Crippen LogP contribution in [0.5, 0.6) is 11.5 Å². The monoisotopic (exact) mass is 461 g/mol. The second-order valence-electron chi connectivity index (χ2n) is 7.51. The van der Waals surface area contributed by atoms with E-state index in [0.717, 1.165) is 18.9 Å². The Morgan fingerprint density at radius 3 is 2.67 bits per heavy atom. The summed E-state index contributed by atoms with van der Waals surface area (Å²) < 4.78 is 45.8. The number of alkyl halides is 3. The Hall–Kier alpha value is -3.96. The third kappa shape index (κ3) is 5.64. The van der Waals surface area contributed by atoms with Gasteiger partial charge in [-0.2, -0.15) is 18.3 Å². The number of nitrogens with one attached hydrogen (secondary N) is 1. The quantitative estimate of drug-likeness (QED) is 0.377. The third-order valence-corrected chi connectivity index (χ3v) is 4.90. The maximum atomic E-state index is 13.0. The van der Waals surface area contributed by atoms with Crippen molar-refractivity contribution in [1.82, 2.24) is 14.8 Å². The van der Waals surface area contributed by atoms with E-state index in [1.54, 1.807) is 12.1 Å². The number of aromatic nitrogens is 3. The van der Waals surface area contributed by atoms with Gasteiger partial charge in [-0.15, -0.1) is 0 Å². The number of benzene rings is 1. The van der Waals surface area contributed by atoms with Gasteiger partial charge in [0, 0.05) is 42.9 Å². The molecule has 0 bridgehead atoms. The lowest BCUT2D eigenvalue weighted by molar-refractivity contribution is -0.384. The highest BCUT2D eigenvalue weighted by atomic mass is 19.4. The first-order chi connectivity index (χ1) is 15.7. The van der Waals surface area contributed by atoms with Crippen LogP contribution in [0.15, 0.2) is 48.8 Å². The lowest BCUT2D eigenvalue weighted by atomic mass is 10.2. The number of hydrogen-bond acceptors (Lipinski definition) is 6. The van der Waals surface area contributed by atoms with E-state index < -0.39 is 22.7 Å². The number of carbonyl (C=O) groups excluding carboxylic acids is 1. The standard InChI is InChI=1S/C21H18F3N5O4/c22-21(23,24)19-11-18(13-3-4-13)28(27-19)7-5-20(30)26-14-8-15(29(31)32)10-17(9-14)33-16-2-1-6-25-12-16/h1-2,6,8-13H,3-5,7H2,(H,26,30). The van der Waals surface area contributed by atoms with Crippen LogP contribution < -0.4 is 10.1 Å². The first-order valence-corrected chi connectivity index (χ1v) is 10.0. The summed E-state index contributed by atoms with van der Waals surface area (Å²) in [5, 5.41) is 17.4. The number of anilines is 1. The Kier molecular flexibility index (Phi) is 5.99. The number of rotatable bonds is 8. The number of aryl methyl sites for hydroxylation is 1. The first kappa shape index (κ1) is 22.2. The smallest absolute Gasteiger partial charge is 0.435 e. The minimum Gasteiger partial charge on any atom is -0.455 e. The van der Waals surface area contributed by atoms with Crippen molar-refractivity contribution in [3.05, 3.63) is 70.3 Å². The van der Waals surface area contributed by atoms with Crippen molar-refractivity contribution in [2.24, 2.45) is 0 Å². The topological polar surface area (TPSA) is 112 Å². The van der Waals surface area contributed by atoms with Crippen LogP contribution in [0.3, 0.4) is 0 Å². The van der Waals surface area contributed by atoms with Gasteiger partial charge in [-0.1, -0.05) is 0 Å². The molecule has 1 aliphatic carbocycles. The van der Waals surface area contributed by atoms with Gasteiger partial charge in [0.05, 0.1) is 22.9 Å². The van der Waals surface area contributed by atoms with Crippen molar-refractivity contribution in [2.45, 2.75) is 37.9 Å². The van der Waals surface area contributed by atoms with Crippen molar-refractivity contribution >= 4 is 17.3 Å². The molecule has 0 unspecified atom stereocenters. The summed E-state index contributed by atoms with van der Waals surface area (Å²) >= 11 is 0. The third-order valence-electron chi connectivity index (χ3n) is 4.90. The first-order valence-electron chi connectivity index (χ1n) is 10.0. The van der Waals surface area contributed by atoms with Crippen LogP contribution in [-0.2, 0) is 17.5 Å². The van der Waals surface area contributed by atoms with Crippen LogP contribution in [-0.4, -0.2) is 25.6 Å². The van der Waals surface area contributed by atoms with Crippen LogP contribution >= 0.6 is 0 Å². The number of nitro groups is 1. The molecule has 12 heteroatoms. The van der Waals surface area contributed by atoms with Gasteiger partial charge >= 0.3 is 6.18 Å². The molecule has 1 fully saturated rings. The molecule has 1 aliphatic rings. The summed E-state index contributed by atoms with van der Waals surface area (Å²) in [6.07, 6.45) is -0.207. The molecule has 1 N–H and O–H groups in total. The molecule has 1 amide bonds. The van der Waals surface area contributed by atoms with Gasteiger partial charge in [0.2, 0.25) is 5.91 Å². The Balaban J connectivity index is 1.46. The van der Waals surface area contributed by atoms with E-state index in [0.29, 0.717) is 11.4 Å². The zero-order valence-corrected chi connectivity index (χ0v) is 17.1. The largest absolute Gasteiger partial charge is 0.455 e. The van der Waals surface area contributed by atoms with Gasteiger partial charge in [-0.05, 0) is 31.0 Å². The number of carbonyl (C=O) groups is 1. The number of amides is 1. The number of ether oxygens (including phenoxy) is 1. The molecule has 9 nitrogen and oxygen atoms in total. The molecule has 33 heavy (non-hydrogen) atoms. The summed E-state index contributed by atoms with van der Waals surface area (Å²) in [5.41, 5.74) is -0.713. The number of pyridine rings is 1. The van der Waals surface area contributed by atoms with E-state index in [4.69, 9.17) is 4.74 Å². The van der Waals surface area contributed by atoms with Gasteiger partial charge < -0.3 is 10.1 Å². The molecule has 1 aromatic carbocycles. The Morgan fingerprint density at radius 2 is 2.03 bits per heavy atom. The molecule has 0 radical (unpaired) electrons. The van der Waals surface area contributed by atoms with E-state index in [-0.39, 0.29) is 36.0 Å². The predicted octanol–water partition coefficient (Wildman–Crippen LogP) is 4.90. The molecule has 0 atom stereocenters. The van der Waals surface area contributed by atoms with E-state index in [2.05, 4.69) is 15.4 Å².